The number of thioether (sulfide) groups is 1. The van der Waals surface area contributed by atoms with Gasteiger partial charge in [0.15, 0.2) is 5.78 Å². The van der Waals surface area contributed by atoms with Crippen LogP contribution in [0.25, 0.3) is 0 Å². The van der Waals surface area contributed by atoms with Crippen LogP contribution in [-0.2, 0) is 6.42 Å². The number of carbonyl (C=O) groups is 1. The van der Waals surface area contributed by atoms with Crippen LogP contribution < -0.4 is 0 Å². The summed E-state index contributed by atoms with van der Waals surface area (Å²) in [6, 6.07) is 2.22. The van der Waals surface area contributed by atoms with Crippen molar-refractivity contribution in [2.75, 3.05) is 6.26 Å². The van der Waals surface area contributed by atoms with Gasteiger partial charge in [0.2, 0.25) is 0 Å². The van der Waals surface area contributed by atoms with Crippen LogP contribution in [0.3, 0.4) is 0 Å². The molecule has 1 aromatic heterocycles. The van der Waals surface area contributed by atoms with Gasteiger partial charge >= 0.3 is 0 Å². The molecule has 1 aliphatic rings. The number of carbonyl (C=O) groups excluding carboxylic acids is 1. The fourth-order valence-electron chi connectivity index (χ4n) is 2.19. The van der Waals surface area contributed by atoms with E-state index in [0.717, 1.165) is 26.6 Å². The third-order valence-electron chi connectivity index (χ3n) is 2.83. The van der Waals surface area contributed by atoms with Crippen LogP contribution in [0.5, 0.6) is 0 Å². The maximum atomic E-state index is 12.1. The van der Waals surface area contributed by atoms with Crippen molar-refractivity contribution in [1.82, 2.24) is 0 Å². The number of nitrogens with zero attached hydrogens (tertiary/aromatic N) is 1. The van der Waals surface area contributed by atoms with E-state index in [-0.39, 0.29) is 11.2 Å². The monoisotopic (exact) mass is 251 g/mol. The Bertz CT molecular complexity index is 494. The van der Waals surface area contributed by atoms with Crippen molar-refractivity contribution >= 4 is 28.9 Å². The van der Waals surface area contributed by atoms with Gasteiger partial charge in [-0.05, 0) is 23.7 Å². The predicted molar refractivity (Wildman–Crippen MR) is 67.2 cm³/mol. The van der Waals surface area contributed by atoms with Crippen LogP contribution in [0.1, 0.15) is 41.1 Å². The minimum absolute atomic E-state index is 0.00751. The third-order valence-corrected chi connectivity index (χ3v) is 5.09. The summed E-state index contributed by atoms with van der Waals surface area (Å²) in [7, 11) is 0. The number of thiophene rings is 1. The molecule has 16 heavy (non-hydrogen) atoms. The molecule has 1 aromatic rings. The molecule has 0 atom stereocenters. The summed E-state index contributed by atoms with van der Waals surface area (Å²) < 4.78 is 1.01. The fourth-order valence-corrected chi connectivity index (χ4v) is 4.08. The Hall–Kier alpha value is -0.790. The number of Topliss-reactive ketones (excluding diaryl/α,β-unsaturated/α-hetero) is 1. The first-order valence-electron chi connectivity index (χ1n) is 5.11. The topological polar surface area (TPSA) is 40.9 Å². The molecule has 0 fully saturated rings. The summed E-state index contributed by atoms with van der Waals surface area (Å²) in [6.07, 6.45) is 3.39. The second kappa shape index (κ2) is 3.90. The SMILES string of the molecule is CSc1sc(C#N)c2c1C(=O)CC(C)(C)C2. The molecule has 0 unspecified atom stereocenters. The van der Waals surface area contributed by atoms with E-state index < -0.39 is 0 Å². The molecule has 0 spiro atoms. The molecule has 0 bridgehead atoms. The Morgan fingerprint density at radius 1 is 1.44 bits per heavy atom. The number of hydrogen-bond donors (Lipinski definition) is 0. The zero-order valence-electron chi connectivity index (χ0n) is 9.59. The number of rotatable bonds is 1. The molecule has 4 heteroatoms. The van der Waals surface area contributed by atoms with Crippen LogP contribution in [0, 0.1) is 16.7 Å². The molecule has 1 heterocycles. The third kappa shape index (κ3) is 1.79. The first kappa shape index (κ1) is 11.7. The highest BCUT2D eigenvalue weighted by Gasteiger charge is 2.35. The van der Waals surface area contributed by atoms with E-state index in [9.17, 15) is 4.79 Å². The van der Waals surface area contributed by atoms with E-state index in [1.54, 1.807) is 11.8 Å². The molecule has 1 aliphatic carbocycles. The highest BCUT2D eigenvalue weighted by atomic mass is 32.2. The van der Waals surface area contributed by atoms with Gasteiger partial charge in [-0.25, -0.2) is 0 Å². The van der Waals surface area contributed by atoms with Gasteiger partial charge in [-0.3, -0.25) is 4.79 Å². The highest BCUT2D eigenvalue weighted by Crippen LogP contribution is 2.44. The van der Waals surface area contributed by atoms with Crippen molar-refractivity contribution < 1.29 is 4.79 Å². The second-order valence-corrected chi connectivity index (χ2v) is 6.92. The fraction of sp³-hybridized carbons (Fsp3) is 0.500. The van der Waals surface area contributed by atoms with Gasteiger partial charge in [0.25, 0.3) is 0 Å². The van der Waals surface area contributed by atoms with Crippen molar-refractivity contribution in [3.63, 3.8) is 0 Å². The molecule has 2 nitrogen and oxygen atoms in total. The Morgan fingerprint density at radius 3 is 2.69 bits per heavy atom. The molecule has 0 amide bonds. The van der Waals surface area contributed by atoms with E-state index in [1.165, 1.54) is 11.3 Å². The van der Waals surface area contributed by atoms with E-state index in [4.69, 9.17) is 5.26 Å². The van der Waals surface area contributed by atoms with Crippen molar-refractivity contribution in [3.8, 4) is 6.07 Å². The maximum absolute atomic E-state index is 12.1. The zero-order valence-corrected chi connectivity index (χ0v) is 11.2. The predicted octanol–water partition coefficient (Wildman–Crippen LogP) is 3.50. The minimum Gasteiger partial charge on any atom is -0.294 e. The average molecular weight is 251 g/mol. The van der Waals surface area contributed by atoms with Gasteiger partial charge in [-0.2, -0.15) is 5.26 Å². The number of ketones is 1. The molecule has 0 saturated carbocycles. The molecule has 0 saturated heterocycles. The number of hydrogen-bond acceptors (Lipinski definition) is 4. The summed E-state index contributed by atoms with van der Waals surface area (Å²) in [5, 5.41) is 9.10. The van der Waals surface area contributed by atoms with Gasteiger partial charge in [0.05, 0.1) is 4.21 Å². The van der Waals surface area contributed by atoms with Crippen molar-refractivity contribution in [1.29, 1.82) is 5.26 Å². The maximum Gasteiger partial charge on any atom is 0.165 e. The van der Waals surface area contributed by atoms with Gasteiger partial charge in [0, 0.05) is 12.0 Å². The standard InChI is InChI=1S/C12H13NOS2/c1-12(2)4-7-9(6-13)16-11(15-3)10(7)8(14)5-12/h4-5H2,1-3H3. The molecule has 0 aliphatic heterocycles. The molecule has 2 rings (SSSR count). The van der Waals surface area contributed by atoms with Gasteiger partial charge in [-0.15, -0.1) is 23.1 Å². The summed E-state index contributed by atoms with van der Waals surface area (Å²) in [6.45, 7) is 4.18. The van der Waals surface area contributed by atoms with Gasteiger partial charge < -0.3 is 0 Å². The number of fused-ring (bicyclic) bond motifs is 1. The van der Waals surface area contributed by atoms with Crippen molar-refractivity contribution in [2.45, 2.75) is 30.9 Å². The highest BCUT2D eigenvalue weighted by molar-refractivity contribution is 8.00. The van der Waals surface area contributed by atoms with Crippen LogP contribution in [-0.4, -0.2) is 12.0 Å². The van der Waals surface area contributed by atoms with E-state index in [2.05, 4.69) is 19.9 Å². The summed E-state index contributed by atoms with van der Waals surface area (Å²) in [5.41, 5.74) is 1.80. The Morgan fingerprint density at radius 2 is 2.12 bits per heavy atom. The lowest BCUT2D eigenvalue weighted by atomic mass is 9.74. The Labute approximate surface area is 104 Å². The van der Waals surface area contributed by atoms with Crippen LogP contribution >= 0.6 is 23.1 Å². The lowest BCUT2D eigenvalue weighted by Crippen LogP contribution is -2.26. The lowest BCUT2D eigenvalue weighted by molar-refractivity contribution is 0.0910. The zero-order chi connectivity index (χ0) is 11.9. The van der Waals surface area contributed by atoms with Gasteiger partial charge in [-0.1, -0.05) is 13.8 Å². The molecule has 0 N–H and O–H groups in total. The van der Waals surface area contributed by atoms with E-state index >= 15 is 0 Å². The largest absolute Gasteiger partial charge is 0.294 e. The Balaban J connectivity index is 2.62. The van der Waals surface area contributed by atoms with Crippen LogP contribution in [0.4, 0.5) is 0 Å². The lowest BCUT2D eigenvalue weighted by Gasteiger charge is -2.28. The smallest absolute Gasteiger partial charge is 0.165 e. The van der Waals surface area contributed by atoms with E-state index in [1.807, 2.05) is 6.26 Å². The first-order valence-corrected chi connectivity index (χ1v) is 7.15. The van der Waals surface area contributed by atoms with Crippen LogP contribution in [0.2, 0.25) is 0 Å². The average Bonchev–Trinajstić information content (AvgIpc) is 2.54. The van der Waals surface area contributed by atoms with Crippen molar-refractivity contribution in [2.24, 2.45) is 5.41 Å². The van der Waals surface area contributed by atoms with E-state index in [0.29, 0.717) is 6.42 Å². The molecular formula is C12H13NOS2. The molecular weight excluding hydrogens is 238 g/mol. The Kier molecular flexibility index (Phi) is 2.85. The molecule has 84 valence electrons. The normalized spacial score (nSPS) is 18.0. The number of nitriles is 1. The minimum atomic E-state index is -0.00751. The second-order valence-electron chi connectivity index (χ2n) is 4.83. The molecule has 0 aromatic carbocycles. The van der Waals surface area contributed by atoms with Gasteiger partial charge in [0.1, 0.15) is 10.9 Å². The summed E-state index contributed by atoms with van der Waals surface area (Å²) in [5.74, 6) is 0.202. The summed E-state index contributed by atoms with van der Waals surface area (Å²) >= 11 is 3.03. The summed E-state index contributed by atoms with van der Waals surface area (Å²) in [4.78, 5) is 12.8. The van der Waals surface area contributed by atoms with Crippen molar-refractivity contribution in [3.05, 3.63) is 16.0 Å². The molecule has 0 radical (unpaired) electrons. The quantitative estimate of drug-likeness (QED) is 0.717. The first-order chi connectivity index (χ1) is 7.48. The van der Waals surface area contributed by atoms with Crippen LogP contribution in [0.15, 0.2) is 4.21 Å².